The van der Waals surface area contributed by atoms with Gasteiger partial charge >= 0.3 is 29.6 Å². The Morgan fingerprint density at radius 2 is 1.43 bits per heavy atom. The van der Waals surface area contributed by atoms with E-state index in [1.54, 1.807) is 12.5 Å². The SMILES string of the molecule is [Se+2].c1cc[o+]cc1. The zero-order valence-corrected chi connectivity index (χ0v) is 5.42. The number of hydrogen-bond acceptors (Lipinski definition) is 0. The van der Waals surface area contributed by atoms with E-state index in [-0.39, 0.29) is 17.1 Å². The first-order valence-electron chi connectivity index (χ1n) is 1.80. The van der Waals surface area contributed by atoms with Crippen molar-refractivity contribution in [1.29, 1.82) is 0 Å². The Bertz CT molecular complexity index is 80.0. The van der Waals surface area contributed by atoms with Crippen molar-refractivity contribution in [3.63, 3.8) is 0 Å². The van der Waals surface area contributed by atoms with Crippen LogP contribution in [0.5, 0.6) is 0 Å². The predicted molar refractivity (Wildman–Crippen MR) is 28.9 cm³/mol. The van der Waals surface area contributed by atoms with Gasteiger partial charge in [-0.25, -0.2) is 4.42 Å². The molecule has 2 heteroatoms. The molecule has 0 atom stereocenters. The maximum Gasteiger partial charge on any atom is 2.00 e. The average molecular weight is 160 g/mol. The Balaban J connectivity index is 0.000000360. The third kappa shape index (κ3) is 2.38. The summed E-state index contributed by atoms with van der Waals surface area (Å²) in [6.07, 6.45) is 3.25. The Morgan fingerprint density at radius 3 is 1.57 bits per heavy atom. The molecule has 0 aliphatic rings. The standard InChI is InChI=1S/C5H5O.Se/c1-2-4-6-5-3-1;/h1-5H;/q+1;+2. The van der Waals surface area contributed by atoms with Crippen LogP contribution in [0.25, 0.3) is 0 Å². The van der Waals surface area contributed by atoms with Crippen LogP contribution in [-0.2, 0) is 0 Å². The maximum absolute atomic E-state index is 4.68. The van der Waals surface area contributed by atoms with E-state index in [4.69, 9.17) is 0 Å². The molecule has 0 fully saturated rings. The topological polar surface area (TPSA) is 11.3 Å². The van der Waals surface area contributed by atoms with Crippen LogP contribution in [0, 0.1) is 0 Å². The molecular formula is C5H5OSe+3. The van der Waals surface area contributed by atoms with Gasteiger partial charge < -0.3 is 0 Å². The van der Waals surface area contributed by atoms with Gasteiger partial charge in [0.05, 0.1) is 0 Å². The van der Waals surface area contributed by atoms with Crippen LogP contribution in [0.4, 0.5) is 0 Å². The second-order valence-corrected chi connectivity index (χ2v) is 0.986. The van der Waals surface area contributed by atoms with Crippen LogP contribution in [0.2, 0.25) is 0 Å². The van der Waals surface area contributed by atoms with E-state index in [1.165, 1.54) is 0 Å². The number of rotatable bonds is 0. The first kappa shape index (κ1) is 6.67. The van der Waals surface area contributed by atoms with E-state index in [2.05, 4.69) is 4.42 Å². The second-order valence-electron chi connectivity index (χ2n) is 0.986. The van der Waals surface area contributed by atoms with Crippen molar-refractivity contribution in [3.05, 3.63) is 30.7 Å². The summed E-state index contributed by atoms with van der Waals surface area (Å²) in [6.45, 7) is 0. The summed E-state index contributed by atoms with van der Waals surface area (Å²) in [5.74, 6) is 0. The van der Waals surface area contributed by atoms with Crippen LogP contribution in [0.1, 0.15) is 0 Å². The minimum Gasteiger partial charge on any atom is -0.224 e. The van der Waals surface area contributed by atoms with Gasteiger partial charge in [0.15, 0.2) is 0 Å². The molecule has 0 saturated heterocycles. The molecule has 0 amide bonds. The third-order valence-corrected chi connectivity index (χ3v) is 0.536. The molecule has 0 bridgehead atoms. The molecule has 0 aromatic carbocycles. The fraction of sp³-hybridized carbons (Fsp3) is 0. The van der Waals surface area contributed by atoms with Gasteiger partial charge in [-0.3, -0.25) is 0 Å². The molecule has 1 heterocycles. The van der Waals surface area contributed by atoms with E-state index in [1.807, 2.05) is 18.2 Å². The third-order valence-electron chi connectivity index (χ3n) is 0.536. The summed E-state index contributed by atoms with van der Waals surface area (Å²) in [5.41, 5.74) is 0. The molecule has 4 radical (unpaired) electrons. The Morgan fingerprint density at radius 1 is 0.857 bits per heavy atom. The van der Waals surface area contributed by atoms with E-state index >= 15 is 0 Å². The molecule has 7 heavy (non-hydrogen) atoms. The molecule has 1 nitrogen and oxygen atoms in total. The summed E-state index contributed by atoms with van der Waals surface area (Å²) in [5, 5.41) is 0. The van der Waals surface area contributed by atoms with Gasteiger partial charge in [-0.2, -0.15) is 0 Å². The predicted octanol–water partition coefficient (Wildman–Crippen LogP) is 1.18. The van der Waals surface area contributed by atoms with Crippen LogP contribution < -0.4 is 0 Å². The molecule has 34 valence electrons. The molecule has 0 N–H and O–H groups in total. The summed E-state index contributed by atoms with van der Waals surface area (Å²) in [4.78, 5) is 0. The fourth-order valence-electron chi connectivity index (χ4n) is 0.291. The van der Waals surface area contributed by atoms with Crippen LogP contribution >= 0.6 is 0 Å². The molecule has 0 unspecified atom stereocenters. The quantitative estimate of drug-likeness (QED) is 0.409. The zero-order valence-electron chi connectivity index (χ0n) is 3.70. The van der Waals surface area contributed by atoms with E-state index in [9.17, 15) is 0 Å². The summed E-state index contributed by atoms with van der Waals surface area (Å²) in [7, 11) is 0. The van der Waals surface area contributed by atoms with Crippen LogP contribution in [-0.4, -0.2) is 17.1 Å². The monoisotopic (exact) mass is 161 g/mol. The van der Waals surface area contributed by atoms with E-state index < -0.39 is 0 Å². The van der Waals surface area contributed by atoms with E-state index in [0.717, 1.165) is 0 Å². The summed E-state index contributed by atoms with van der Waals surface area (Å²) in [6, 6.07) is 5.57. The summed E-state index contributed by atoms with van der Waals surface area (Å²) >= 11 is 0. The largest absolute Gasteiger partial charge is 2.00 e. The van der Waals surface area contributed by atoms with Gasteiger partial charge in [0.2, 0.25) is 0 Å². The normalized spacial score (nSPS) is 6.86. The summed E-state index contributed by atoms with van der Waals surface area (Å²) < 4.78 is 4.68. The van der Waals surface area contributed by atoms with Crippen molar-refractivity contribution >= 4 is 17.1 Å². The molecule has 1 rings (SSSR count). The van der Waals surface area contributed by atoms with Crippen molar-refractivity contribution in [1.82, 2.24) is 0 Å². The van der Waals surface area contributed by atoms with Crippen molar-refractivity contribution in [2.45, 2.75) is 0 Å². The molecule has 0 aliphatic heterocycles. The van der Waals surface area contributed by atoms with Gasteiger partial charge in [0, 0.05) is 12.1 Å². The van der Waals surface area contributed by atoms with Gasteiger partial charge in [-0.1, -0.05) is 0 Å². The van der Waals surface area contributed by atoms with E-state index in [0.29, 0.717) is 0 Å². The number of hydrogen-bond donors (Lipinski definition) is 0. The second kappa shape index (κ2) is 3.85. The molecule has 0 aliphatic carbocycles. The Labute approximate surface area is 52.8 Å². The average Bonchev–Trinajstić information content (AvgIpc) is 1.72. The Hall–Kier alpha value is -0.331. The van der Waals surface area contributed by atoms with Crippen LogP contribution in [0.3, 0.4) is 0 Å². The molecule has 1 aromatic rings. The molecular weight excluding hydrogens is 155 g/mol. The first-order chi connectivity index (χ1) is 3.00. The van der Waals surface area contributed by atoms with Crippen molar-refractivity contribution < 1.29 is 4.42 Å². The molecule has 0 saturated carbocycles. The molecule has 1 aromatic heterocycles. The van der Waals surface area contributed by atoms with Gasteiger partial charge in [-0.05, 0) is 6.07 Å². The minimum atomic E-state index is 0. The fourth-order valence-corrected chi connectivity index (χ4v) is 0.291. The van der Waals surface area contributed by atoms with Gasteiger partial charge in [-0.15, -0.1) is 0 Å². The van der Waals surface area contributed by atoms with Crippen LogP contribution in [0.15, 0.2) is 35.1 Å². The van der Waals surface area contributed by atoms with Crippen molar-refractivity contribution in [2.75, 3.05) is 0 Å². The molecule has 0 spiro atoms. The first-order valence-corrected chi connectivity index (χ1v) is 1.80. The van der Waals surface area contributed by atoms with Crippen molar-refractivity contribution in [3.8, 4) is 0 Å². The zero-order chi connectivity index (χ0) is 4.24. The van der Waals surface area contributed by atoms with Crippen molar-refractivity contribution in [2.24, 2.45) is 0 Å². The maximum atomic E-state index is 4.68. The minimum absolute atomic E-state index is 0. The van der Waals surface area contributed by atoms with Gasteiger partial charge in [0.25, 0.3) is 0 Å². The smallest absolute Gasteiger partial charge is 0.224 e. The Kier molecular flexibility index (Phi) is 3.66. The van der Waals surface area contributed by atoms with Gasteiger partial charge in [0.1, 0.15) is 0 Å².